The number of carbonyl (C=O) groups is 1. The average molecular weight is 206 g/mol. The van der Waals surface area contributed by atoms with Crippen LogP contribution in [-0.2, 0) is 14.3 Å². The average Bonchev–Trinajstić information content (AvgIpc) is 2.64. The maximum absolute atomic E-state index is 11.6. The number of ketones is 1. The van der Waals surface area contributed by atoms with Gasteiger partial charge in [-0.3, -0.25) is 4.79 Å². The monoisotopic (exact) mass is 206 g/mol. The Labute approximate surface area is 80.7 Å². The number of alkyl halides is 2. The maximum Gasteiger partial charge on any atom is 0.261 e. The van der Waals surface area contributed by atoms with Crippen LogP contribution in [0.2, 0.25) is 0 Å². The molecule has 1 heterocycles. The molecule has 0 saturated heterocycles. The first kappa shape index (κ1) is 11.1. The van der Waals surface area contributed by atoms with Crippen LogP contribution in [0.1, 0.15) is 12.8 Å². The molecular formula is C9H12F2O3. The SMILES string of the molecule is O=C(CCOCC(F)F)C1=CCCO1. The van der Waals surface area contributed by atoms with Crippen LogP contribution >= 0.6 is 0 Å². The van der Waals surface area contributed by atoms with Crippen LogP contribution in [-0.4, -0.2) is 32.0 Å². The lowest BCUT2D eigenvalue weighted by molar-refractivity contribution is -0.120. The van der Waals surface area contributed by atoms with E-state index in [1.807, 2.05) is 0 Å². The van der Waals surface area contributed by atoms with Crippen molar-refractivity contribution in [2.45, 2.75) is 19.3 Å². The number of ether oxygens (including phenoxy) is 2. The molecule has 0 aromatic carbocycles. The molecule has 0 aromatic rings. The van der Waals surface area contributed by atoms with E-state index in [-0.39, 0.29) is 18.8 Å². The summed E-state index contributed by atoms with van der Waals surface area (Å²) in [4.78, 5) is 11.2. The predicted octanol–water partition coefficient (Wildman–Crippen LogP) is 1.53. The Hall–Kier alpha value is -0.970. The van der Waals surface area contributed by atoms with Crippen molar-refractivity contribution in [2.75, 3.05) is 19.8 Å². The summed E-state index contributed by atoms with van der Waals surface area (Å²) >= 11 is 0. The van der Waals surface area contributed by atoms with Crippen LogP contribution in [0.25, 0.3) is 0 Å². The molecule has 5 heteroatoms. The van der Waals surface area contributed by atoms with Crippen LogP contribution in [0.5, 0.6) is 0 Å². The van der Waals surface area contributed by atoms with E-state index in [0.717, 1.165) is 6.42 Å². The Bertz CT molecular complexity index is 226. The highest BCUT2D eigenvalue weighted by Gasteiger charge is 2.14. The molecule has 80 valence electrons. The number of Topliss-reactive ketones (excluding diaryl/α,β-unsaturated/α-hetero) is 1. The third-order valence-electron chi connectivity index (χ3n) is 1.70. The van der Waals surface area contributed by atoms with E-state index in [2.05, 4.69) is 4.74 Å². The van der Waals surface area contributed by atoms with Crippen molar-refractivity contribution in [3.05, 3.63) is 11.8 Å². The van der Waals surface area contributed by atoms with Crippen molar-refractivity contribution in [1.29, 1.82) is 0 Å². The van der Waals surface area contributed by atoms with Gasteiger partial charge in [0.1, 0.15) is 6.61 Å². The van der Waals surface area contributed by atoms with Gasteiger partial charge in [-0.25, -0.2) is 8.78 Å². The zero-order valence-corrected chi connectivity index (χ0v) is 7.67. The molecule has 3 nitrogen and oxygen atoms in total. The molecule has 1 aliphatic rings. The second kappa shape index (κ2) is 5.70. The van der Waals surface area contributed by atoms with Crippen LogP contribution in [0.3, 0.4) is 0 Å². The molecule has 1 aliphatic heterocycles. The van der Waals surface area contributed by atoms with Crippen molar-refractivity contribution in [2.24, 2.45) is 0 Å². The van der Waals surface area contributed by atoms with Gasteiger partial charge in [0.2, 0.25) is 0 Å². The van der Waals surface area contributed by atoms with Crippen LogP contribution < -0.4 is 0 Å². The summed E-state index contributed by atoms with van der Waals surface area (Å²) in [6, 6.07) is 0. The minimum absolute atomic E-state index is 0.0177. The number of allylic oxidation sites excluding steroid dienone is 1. The van der Waals surface area contributed by atoms with Gasteiger partial charge in [0.15, 0.2) is 11.5 Å². The van der Waals surface area contributed by atoms with Crippen LogP contribution in [0.15, 0.2) is 11.8 Å². The van der Waals surface area contributed by atoms with E-state index in [4.69, 9.17) is 4.74 Å². The Morgan fingerprint density at radius 1 is 1.64 bits per heavy atom. The highest BCUT2D eigenvalue weighted by molar-refractivity contribution is 5.93. The Balaban J connectivity index is 2.09. The summed E-state index contributed by atoms with van der Waals surface area (Å²) in [6.07, 6.45) is 0.0551. The molecule has 0 radical (unpaired) electrons. The molecule has 0 unspecified atom stereocenters. The van der Waals surface area contributed by atoms with Gasteiger partial charge in [-0.05, 0) is 6.08 Å². The highest BCUT2D eigenvalue weighted by atomic mass is 19.3. The molecule has 0 atom stereocenters. The van der Waals surface area contributed by atoms with Gasteiger partial charge >= 0.3 is 0 Å². The first-order valence-corrected chi connectivity index (χ1v) is 4.42. The van der Waals surface area contributed by atoms with E-state index in [1.54, 1.807) is 6.08 Å². The standard InChI is InChI=1S/C9H12F2O3/c10-9(11)6-13-5-3-7(12)8-2-1-4-14-8/h2,9H,1,3-6H2. The molecule has 0 spiro atoms. The Kier molecular flexibility index (Phi) is 4.52. The lowest BCUT2D eigenvalue weighted by atomic mass is 10.2. The van der Waals surface area contributed by atoms with Gasteiger partial charge in [0, 0.05) is 12.8 Å². The van der Waals surface area contributed by atoms with E-state index >= 15 is 0 Å². The zero-order chi connectivity index (χ0) is 10.4. The fourth-order valence-corrected chi connectivity index (χ4v) is 1.07. The molecule has 0 fully saturated rings. The summed E-state index contributed by atoms with van der Waals surface area (Å²) in [5.74, 6) is 0.155. The third kappa shape index (κ3) is 3.83. The van der Waals surface area contributed by atoms with Crippen LogP contribution in [0, 0.1) is 0 Å². The molecular weight excluding hydrogens is 194 g/mol. The lowest BCUT2D eigenvalue weighted by Crippen LogP contribution is -2.10. The minimum Gasteiger partial charge on any atom is -0.490 e. The van der Waals surface area contributed by atoms with Gasteiger partial charge in [-0.15, -0.1) is 0 Å². The molecule has 0 N–H and O–H groups in total. The van der Waals surface area contributed by atoms with Gasteiger partial charge in [-0.2, -0.15) is 0 Å². The predicted molar refractivity (Wildman–Crippen MR) is 45.1 cm³/mol. The molecule has 0 amide bonds. The van der Waals surface area contributed by atoms with E-state index in [1.165, 1.54) is 0 Å². The quantitative estimate of drug-likeness (QED) is 0.618. The van der Waals surface area contributed by atoms with E-state index in [9.17, 15) is 13.6 Å². The summed E-state index contributed by atoms with van der Waals surface area (Å²) in [5.41, 5.74) is 0. The molecule has 0 aliphatic carbocycles. The summed E-state index contributed by atoms with van der Waals surface area (Å²) in [5, 5.41) is 0. The van der Waals surface area contributed by atoms with Crippen molar-refractivity contribution in [3.8, 4) is 0 Å². The summed E-state index contributed by atoms with van der Waals surface area (Å²) < 4.78 is 32.8. The van der Waals surface area contributed by atoms with Crippen molar-refractivity contribution in [3.63, 3.8) is 0 Å². The molecule has 14 heavy (non-hydrogen) atoms. The molecule has 1 rings (SSSR count). The van der Waals surface area contributed by atoms with Gasteiger partial charge < -0.3 is 9.47 Å². The van der Waals surface area contributed by atoms with E-state index in [0.29, 0.717) is 12.4 Å². The highest BCUT2D eigenvalue weighted by Crippen LogP contribution is 2.11. The largest absolute Gasteiger partial charge is 0.490 e. The van der Waals surface area contributed by atoms with Crippen molar-refractivity contribution < 1.29 is 23.0 Å². The molecule has 0 aromatic heterocycles. The second-order valence-corrected chi connectivity index (χ2v) is 2.84. The number of hydrogen-bond acceptors (Lipinski definition) is 3. The third-order valence-corrected chi connectivity index (χ3v) is 1.70. The van der Waals surface area contributed by atoms with Crippen molar-refractivity contribution >= 4 is 5.78 Å². The zero-order valence-electron chi connectivity index (χ0n) is 7.67. The first-order chi connectivity index (χ1) is 6.70. The second-order valence-electron chi connectivity index (χ2n) is 2.84. The Morgan fingerprint density at radius 2 is 2.43 bits per heavy atom. The lowest BCUT2D eigenvalue weighted by Gasteiger charge is -2.03. The van der Waals surface area contributed by atoms with Crippen molar-refractivity contribution in [1.82, 2.24) is 0 Å². The minimum atomic E-state index is -2.48. The fraction of sp³-hybridized carbons (Fsp3) is 0.667. The van der Waals surface area contributed by atoms with Crippen LogP contribution in [0.4, 0.5) is 8.78 Å². The first-order valence-electron chi connectivity index (χ1n) is 4.42. The number of halogens is 2. The number of rotatable bonds is 6. The molecule has 0 bridgehead atoms. The summed E-state index contributed by atoms with van der Waals surface area (Å²) in [6.45, 7) is -0.0734. The van der Waals surface area contributed by atoms with Gasteiger partial charge in [-0.1, -0.05) is 0 Å². The van der Waals surface area contributed by atoms with Gasteiger partial charge in [0.25, 0.3) is 6.43 Å². The normalized spacial score (nSPS) is 15.5. The topological polar surface area (TPSA) is 35.5 Å². The smallest absolute Gasteiger partial charge is 0.261 e. The Morgan fingerprint density at radius 3 is 3.00 bits per heavy atom. The fourth-order valence-electron chi connectivity index (χ4n) is 1.07. The summed E-state index contributed by atoms with van der Waals surface area (Å²) in [7, 11) is 0. The van der Waals surface area contributed by atoms with Gasteiger partial charge in [0.05, 0.1) is 13.2 Å². The number of carbonyl (C=O) groups excluding carboxylic acids is 1. The van der Waals surface area contributed by atoms with E-state index < -0.39 is 13.0 Å². The molecule has 0 saturated carbocycles. The maximum atomic E-state index is 11.6. The number of hydrogen-bond donors (Lipinski definition) is 0.